The molecule has 0 saturated carbocycles. The van der Waals surface area contributed by atoms with Crippen molar-refractivity contribution in [1.82, 2.24) is 9.88 Å². The third-order valence-electron chi connectivity index (χ3n) is 2.59. The Morgan fingerprint density at radius 3 is 2.84 bits per heavy atom. The summed E-state index contributed by atoms with van der Waals surface area (Å²) in [4.78, 5) is 27.9. The van der Waals surface area contributed by atoms with E-state index in [1.165, 1.54) is 12.0 Å². The first-order valence-electron chi connectivity index (χ1n) is 6.01. The van der Waals surface area contributed by atoms with E-state index in [1.54, 1.807) is 18.5 Å². The van der Waals surface area contributed by atoms with Crippen molar-refractivity contribution in [3.8, 4) is 0 Å². The smallest absolute Gasteiger partial charge is 0.323 e. The Bertz CT molecular complexity index is 408. The number of hydrogen-bond donors (Lipinski definition) is 1. The van der Waals surface area contributed by atoms with E-state index in [0.29, 0.717) is 13.0 Å². The quantitative estimate of drug-likeness (QED) is 0.744. The SMILES string of the molecule is COCCN(CC(=O)O)C(=O)CCc1cccnc1. The molecule has 1 aromatic rings. The van der Waals surface area contributed by atoms with Gasteiger partial charge in [0.05, 0.1) is 6.61 Å². The van der Waals surface area contributed by atoms with Crippen LogP contribution in [0.4, 0.5) is 0 Å². The van der Waals surface area contributed by atoms with Crippen LogP contribution in [0.15, 0.2) is 24.5 Å². The molecule has 1 rings (SSSR count). The van der Waals surface area contributed by atoms with Crippen LogP contribution in [-0.4, -0.2) is 53.7 Å². The van der Waals surface area contributed by atoms with E-state index in [4.69, 9.17) is 9.84 Å². The van der Waals surface area contributed by atoms with Crippen LogP contribution < -0.4 is 0 Å². The lowest BCUT2D eigenvalue weighted by Gasteiger charge is -2.20. The molecular weight excluding hydrogens is 248 g/mol. The number of aryl methyl sites for hydroxylation is 1. The van der Waals surface area contributed by atoms with Crippen LogP contribution in [0.1, 0.15) is 12.0 Å². The number of methoxy groups -OCH3 is 1. The molecule has 6 heteroatoms. The number of carboxylic acids is 1. The monoisotopic (exact) mass is 266 g/mol. The molecule has 0 atom stereocenters. The first-order chi connectivity index (χ1) is 9.13. The minimum Gasteiger partial charge on any atom is -0.480 e. The van der Waals surface area contributed by atoms with Crippen molar-refractivity contribution in [3.63, 3.8) is 0 Å². The fourth-order valence-electron chi connectivity index (χ4n) is 1.61. The van der Waals surface area contributed by atoms with Crippen LogP contribution in [0, 0.1) is 0 Å². The normalized spacial score (nSPS) is 10.2. The summed E-state index contributed by atoms with van der Waals surface area (Å²) in [5.74, 6) is -1.21. The fourth-order valence-corrected chi connectivity index (χ4v) is 1.61. The zero-order valence-corrected chi connectivity index (χ0v) is 10.9. The summed E-state index contributed by atoms with van der Waals surface area (Å²) < 4.78 is 4.87. The molecule has 0 fully saturated rings. The van der Waals surface area contributed by atoms with Gasteiger partial charge in [0.1, 0.15) is 6.54 Å². The molecule has 0 spiro atoms. The number of aliphatic carboxylic acids is 1. The van der Waals surface area contributed by atoms with Crippen LogP contribution in [0.3, 0.4) is 0 Å². The molecule has 104 valence electrons. The molecule has 0 unspecified atom stereocenters. The molecule has 0 aliphatic rings. The van der Waals surface area contributed by atoms with Crippen molar-refractivity contribution >= 4 is 11.9 Å². The van der Waals surface area contributed by atoms with Gasteiger partial charge in [-0.1, -0.05) is 6.07 Å². The number of nitrogens with zero attached hydrogens (tertiary/aromatic N) is 2. The number of carbonyl (C=O) groups excluding carboxylic acids is 1. The molecular formula is C13H18N2O4. The second kappa shape index (κ2) is 8.20. The van der Waals surface area contributed by atoms with Gasteiger partial charge in [0.2, 0.25) is 5.91 Å². The van der Waals surface area contributed by atoms with Gasteiger partial charge in [-0.15, -0.1) is 0 Å². The Labute approximate surface area is 112 Å². The number of pyridine rings is 1. The largest absolute Gasteiger partial charge is 0.480 e. The van der Waals surface area contributed by atoms with E-state index >= 15 is 0 Å². The van der Waals surface area contributed by atoms with E-state index in [0.717, 1.165) is 5.56 Å². The maximum absolute atomic E-state index is 11.9. The summed E-state index contributed by atoms with van der Waals surface area (Å²) in [5, 5.41) is 8.77. The second-order valence-corrected chi connectivity index (χ2v) is 4.06. The number of ether oxygens (including phenoxy) is 1. The molecule has 0 bridgehead atoms. The molecule has 1 N–H and O–H groups in total. The number of rotatable bonds is 8. The molecule has 1 amide bonds. The van der Waals surface area contributed by atoms with Crippen LogP contribution in [-0.2, 0) is 20.7 Å². The molecule has 6 nitrogen and oxygen atoms in total. The lowest BCUT2D eigenvalue weighted by atomic mass is 10.1. The van der Waals surface area contributed by atoms with Crippen molar-refractivity contribution in [1.29, 1.82) is 0 Å². The van der Waals surface area contributed by atoms with Crippen LogP contribution in [0.25, 0.3) is 0 Å². The highest BCUT2D eigenvalue weighted by atomic mass is 16.5. The highest BCUT2D eigenvalue weighted by Gasteiger charge is 2.16. The molecule has 1 aromatic heterocycles. The van der Waals surface area contributed by atoms with E-state index in [9.17, 15) is 9.59 Å². The van der Waals surface area contributed by atoms with E-state index in [1.807, 2.05) is 6.07 Å². The zero-order chi connectivity index (χ0) is 14.1. The molecule has 1 heterocycles. The molecule has 0 aromatic carbocycles. The summed E-state index contributed by atoms with van der Waals surface area (Å²) in [6.45, 7) is 0.315. The van der Waals surface area contributed by atoms with Gasteiger partial charge in [-0.2, -0.15) is 0 Å². The maximum Gasteiger partial charge on any atom is 0.323 e. The topological polar surface area (TPSA) is 79.7 Å². The predicted molar refractivity (Wildman–Crippen MR) is 68.6 cm³/mol. The Morgan fingerprint density at radius 1 is 1.47 bits per heavy atom. The summed E-state index contributed by atoms with van der Waals surface area (Å²) in [6, 6.07) is 3.69. The highest BCUT2D eigenvalue weighted by Crippen LogP contribution is 2.03. The average molecular weight is 266 g/mol. The Hall–Kier alpha value is -1.95. The molecule has 0 aliphatic carbocycles. The molecule has 0 aliphatic heterocycles. The number of carbonyl (C=O) groups is 2. The van der Waals surface area contributed by atoms with Gasteiger partial charge in [0, 0.05) is 32.5 Å². The molecule has 0 radical (unpaired) electrons. The third kappa shape index (κ3) is 5.96. The van der Waals surface area contributed by atoms with Gasteiger partial charge >= 0.3 is 5.97 Å². The van der Waals surface area contributed by atoms with E-state index in [-0.39, 0.29) is 25.4 Å². The summed E-state index contributed by atoms with van der Waals surface area (Å²) in [6.07, 6.45) is 4.18. The number of amides is 1. The zero-order valence-electron chi connectivity index (χ0n) is 10.9. The average Bonchev–Trinajstić information content (AvgIpc) is 2.41. The van der Waals surface area contributed by atoms with Crippen molar-refractivity contribution in [2.24, 2.45) is 0 Å². The van der Waals surface area contributed by atoms with Crippen molar-refractivity contribution in [2.75, 3.05) is 26.8 Å². The first-order valence-corrected chi connectivity index (χ1v) is 6.01. The fraction of sp³-hybridized carbons (Fsp3) is 0.462. The summed E-state index contributed by atoms with van der Waals surface area (Å²) in [7, 11) is 1.51. The van der Waals surface area contributed by atoms with Gasteiger partial charge in [-0.05, 0) is 18.1 Å². The highest BCUT2D eigenvalue weighted by molar-refractivity contribution is 5.81. The second-order valence-electron chi connectivity index (χ2n) is 4.06. The van der Waals surface area contributed by atoms with Gasteiger partial charge in [0.25, 0.3) is 0 Å². The minimum absolute atomic E-state index is 0.191. The summed E-state index contributed by atoms with van der Waals surface area (Å²) >= 11 is 0. The first kappa shape index (κ1) is 15.1. The molecule has 19 heavy (non-hydrogen) atoms. The Balaban J connectivity index is 2.48. The van der Waals surface area contributed by atoms with Crippen molar-refractivity contribution < 1.29 is 19.4 Å². The van der Waals surface area contributed by atoms with E-state index < -0.39 is 5.97 Å². The van der Waals surface area contributed by atoms with Gasteiger partial charge in [0.15, 0.2) is 0 Å². The summed E-state index contributed by atoms with van der Waals surface area (Å²) in [5.41, 5.74) is 0.956. The minimum atomic E-state index is -1.02. The molecule has 0 saturated heterocycles. The number of hydrogen-bond acceptors (Lipinski definition) is 4. The number of carboxylic acid groups (broad SMARTS) is 1. The van der Waals surface area contributed by atoms with Gasteiger partial charge in [-0.3, -0.25) is 14.6 Å². The predicted octanol–water partition coefficient (Wildman–Crippen LogP) is 0.574. The van der Waals surface area contributed by atoms with Gasteiger partial charge in [-0.25, -0.2) is 0 Å². The van der Waals surface area contributed by atoms with Crippen LogP contribution in [0.2, 0.25) is 0 Å². The van der Waals surface area contributed by atoms with E-state index in [2.05, 4.69) is 4.98 Å². The maximum atomic E-state index is 11.9. The van der Waals surface area contributed by atoms with Crippen molar-refractivity contribution in [2.45, 2.75) is 12.8 Å². The van der Waals surface area contributed by atoms with Crippen LogP contribution >= 0.6 is 0 Å². The van der Waals surface area contributed by atoms with Crippen molar-refractivity contribution in [3.05, 3.63) is 30.1 Å². The Morgan fingerprint density at radius 2 is 2.26 bits per heavy atom. The lowest BCUT2D eigenvalue weighted by molar-refractivity contribution is -0.144. The lowest BCUT2D eigenvalue weighted by Crippen LogP contribution is -2.38. The number of aromatic nitrogens is 1. The third-order valence-corrected chi connectivity index (χ3v) is 2.59. The standard InChI is InChI=1S/C13H18N2O4/c1-19-8-7-15(10-13(17)18)12(16)5-4-11-3-2-6-14-9-11/h2-3,6,9H,4-5,7-8,10H2,1H3,(H,17,18). The Kier molecular flexibility index (Phi) is 6.52. The van der Waals surface area contributed by atoms with Gasteiger partial charge < -0.3 is 14.7 Å². The van der Waals surface area contributed by atoms with Crippen LogP contribution in [0.5, 0.6) is 0 Å².